The van der Waals surface area contributed by atoms with Gasteiger partial charge in [0.05, 0.1) is 0 Å². The average molecular weight is 203 g/mol. The van der Waals surface area contributed by atoms with Gasteiger partial charge in [0.2, 0.25) is 5.82 Å². The van der Waals surface area contributed by atoms with E-state index in [0.29, 0.717) is 11.5 Å². The summed E-state index contributed by atoms with van der Waals surface area (Å²) in [7, 11) is 0. The van der Waals surface area contributed by atoms with Gasteiger partial charge in [0.15, 0.2) is 0 Å². The van der Waals surface area contributed by atoms with Crippen LogP contribution in [0.2, 0.25) is 0 Å². The highest BCUT2D eigenvalue weighted by Crippen LogP contribution is 2.19. The zero-order valence-corrected chi connectivity index (χ0v) is 9.02. The lowest BCUT2D eigenvalue weighted by Crippen LogP contribution is -2.13. The van der Waals surface area contributed by atoms with Gasteiger partial charge in [-0.2, -0.15) is 10.2 Å². The van der Waals surface area contributed by atoms with Crippen molar-refractivity contribution in [1.82, 2.24) is 25.4 Å². The lowest BCUT2D eigenvalue weighted by Gasteiger charge is -2.12. The van der Waals surface area contributed by atoms with Gasteiger partial charge in [0.1, 0.15) is 11.5 Å². The summed E-state index contributed by atoms with van der Waals surface area (Å²) in [5, 5.41) is 14.8. The second-order valence-electron chi connectivity index (χ2n) is 4.37. The molecule has 2 aromatic rings. The monoisotopic (exact) mass is 203 g/mol. The Balaban J connectivity index is 2.37. The van der Waals surface area contributed by atoms with E-state index < -0.39 is 0 Å². The smallest absolute Gasteiger partial charge is 0.201 e. The van der Waals surface area contributed by atoms with Gasteiger partial charge in [0, 0.05) is 11.6 Å². The van der Waals surface area contributed by atoms with Crippen molar-refractivity contribution in [3.8, 4) is 11.5 Å². The van der Waals surface area contributed by atoms with Gasteiger partial charge in [-0.15, -0.1) is 5.10 Å². The van der Waals surface area contributed by atoms with E-state index in [2.05, 4.69) is 46.1 Å². The first-order chi connectivity index (χ1) is 7.07. The largest absolute Gasteiger partial charge is 0.262 e. The minimum Gasteiger partial charge on any atom is -0.262 e. The molecule has 0 aliphatic rings. The molecule has 2 aromatic heterocycles. The summed E-state index contributed by atoms with van der Waals surface area (Å²) in [6.45, 7) is 6.23. The van der Waals surface area contributed by atoms with Crippen molar-refractivity contribution < 1.29 is 0 Å². The molecule has 0 fully saturated rings. The molecule has 0 unspecified atom stereocenters. The van der Waals surface area contributed by atoms with E-state index in [1.807, 2.05) is 12.1 Å². The van der Waals surface area contributed by atoms with Crippen LogP contribution in [0.4, 0.5) is 0 Å². The number of hydrogen-bond acceptors (Lipinski definition) is 4. The lowest BCUT2D eigenvalue weighted by molar-refractivity contribution is 0.548. The van der Waals surface area contributed by atoms with Crippen molar-refractivity contribution >= 4 is 0 Å². The second-order valence-corrected chi connectivity index (χ2v) is 4.37. The van der Waals surface area contributed by atoms with Crippen LogP contribution < -0.4 is 0 Å². The Kier molecular flexibility index (Phi) is 2.22. The van der Waals surface area contributed by atoms with E-state index in [4.69, 9.17) is 0 Å². The minimum absolute atomic E-state index is 0.0343. The van der Waals surface area contributed by atoms with Crippen molar-refractivity contribution in [3.05, 3.63) is 24.2 Å². The van der Waals surface area contributed by atoms with Crippen molar-refractivity contribution in [3.63, 3.8) is 0 Å². The van der Waals surface area contributed by atoms with Crippen LogP contribution in [0.5, 0.6) is 0 Å². The maximum absolute atomic E-state index is 4.38. The molecular formula is C10H13N5. The Hall–Kier alpha value is -1.78. The third kappa shape index (κ3) is 2.01. The average Bonchev–Trinajstić information content (AvgIpc) is 2.67. The molecule has 0 aromatic carbocycles. The van der Waals surface area contributed by atoms with Gasteiger partial charge in [-0.3, -0.25) is 5.10 Å². The van der Waals surface area contributed by atoms with Crippen LogP contribution >= 0.6 is 0 Å². The molecule has 0 aliphatic carbocycles. The zero-order valence-electron chi connectivity index (χ0n) is 9.02. The lowest BCUT2D eigenvalue weighted by atomic mass is 9.96. The highest BCUT2D eigenvalue weighted by atomic mass is 15.2. The molecule has 0 atom stereocenters. The number of hydrogen-bond donors (Lipinski definition) is 1. The first-order valence-corrected chi connectivity index (χ1v) is 4.78. The fraction of sp³-hybridized carbons (Fsp3) is 0.400. The Morgan fingerprint density at radius 1 is 1.27 bits per heavy atom. The Morgan fingerprint density at radius 3 is 2.60 bits per heavy atom. The van der Waals surface area contributed by atoms with Gasteiger partial charge in [-0.25, -0.2) is 4.98 Å². The van der Waals surface area contributed by atoms with Crippen molar-refractivity contribution in [2.24, 2.45) is 0 Å². The van der Waals surface area contributed by atoms with Crippen LogP contribution in [-0.2, 0) is 5.41 Å². The number of H-pyrrole nitrogens is 1. The van der Waals surface area contributed by atoms with Crippen LogP contribution in [-0.4, -0.2) is 25.4 Å². The van der Waals surface area contributed by atoms with E-state index in [9.17, 15) is 0 Å². The molecule has 15 heavy (non-hydrogen) atoms. The SMILES string of the molecule is CC(C)(C)c1nc(-c2cccnn2)n[nH]1. The quantitative estimate of drug-likeness (QED) is 0.763. The summed E-state index contributed by atoms with van der Waals surface area (Å²) in [4.78, 5) is 4.38. The molecule has 78 valence electrons. The first kappa shape index (κ1) is 9.76. The topological polar surface area (TPSA) is 67.3 Å². The van der Waals surface area contributed by atoms with Crippen molar-refractivity contribution in [1.29, 1.82) is 0 Å². The Bertz CT molecular complexity index is 440. The first-order valence-electron chi connectivity index (χ1n) is 4.78. The van der Waals surface area contributed by atoms with Crippen molar-refractivity contribution in [2.75, 3.05) is 0 Å². The zero-order chi connectivity index (χ0) is 10.9. The van der Waals surface area contributed by atoms with Gasteiger partial charge in [-0.05, 0) is 12.1 Å². The predicted molar refractivity (Wildman–Crippen MR) is 56.1 cm³/mol. The predicted octanol–water partition coefficient (Wildman–Crippen LogP) is 1.56. The van der Waals surface area contributed by atoms with Crippen LogP contribution in [0.25, 0.3) is 11.5 Å². The molecule has 0 saturated carbocycles. The molecule has 0 bridgehead atoms. The standard InChI is InChI=1S/C10H13N5/c1-10(2,3)9-12-8(14-15-9)7-5-4-6-11-13-7/h4-6H,1-3H3,(H,12,14,15). The number of rotatable bonds is 1. The highest BCUT2D eigenvalue weighted by Gasteiger charge is 2.19. The Morgan fingerprint density at radius 2 is 2.07 bits per heavy atom. The fourth-order valence-electron chi connectivity index (χ4n) is 1.13. The van der Waals surface area contributed by atoms with Gasteiger partial charge >= 0.3 is 0 Å². The molecule has 0 saturated heterocycles. The molecule has 0 aliphatic heterocycles. The molecule has 1 N–H and O–H groups in total. The molecule has 2 heterocycles. The summed E-state index contributed by atoms with van der Waals surface area (Å²) in [5.41, 5.74) is 0.650. The van der Waals surface area contributed by atoms with Crippen LogP contribution in [0.15, 0.2) is 18.3 Å². The number of nitrogens with zero attached hydrogens (tertiary/aromatic N) is 4. The van der Waals surface area contributed by atoms with E-state index in [1.54, 1.807) is 6.20 Å². The van der Waals surface area contributed by atoms with Gasteiger partial charge < -0.3 is 0 Å². The minimum atomic E-state index is -0.0343. The molecule has 2 rings (SSSR count). The van der Waals surface area contributed by atoms with E-state index in [-0.39, 0.29) is 5.41 Å². The second kappa shape index (κ2) is 3.42. The molecule has 0 spiro atoms. The molecule has 0 amide bonds. The summed E-state index contributed by atoms with van der Waals surface area (Å²) >= 11 is 0. The number of nitrogens with one attached hydrogen (secondary N) is 1. The van der Waals surface area contributed by atoms with Gasteiger partial charge in [0.25, 0.3) is 0 Å². The summed E-state index contributed by atoms with van der Waals surface area (Å²) in [6.07, 6.45) is 1.63. The maximum atomic E-state index is 4.38. The molecular weight excluding hydrogens is 190 g/mol. The summed E-state index contributed by atoms with van der Waals surface area (Å²) in [5.74, 6) is 1.44. The molecule has 5 nitrogen and oxygen atoms in total. The number of aromatic nitrogens is 5. The van der Waals surface area contributed by atoms with E-state index in [1.165, 1.54) is 0 Å². The normalized spacial score (nSPS) is 11.7. The van der Waals surface area contributed by atoms with E-state index >= 15 is 0 Å². The third-order valence-corrected chi connectivity index (χ3v) is 2.00. The van der Waals surface area contributed by atoms with Gasteiger partial charge in [-0.1, -0.05) is 20.8 Å². The maximum Gasteiger partial charge on any atom is 0.201 e. The van der Waals surface area contributed by atoms with Crippen molar-refractivity contribution in [2.45, 2.75) is 26.2 Å². The summed E-state index contributed by atoms with van der Waals surface area (Å²) < 4.78 is 0. The number of aromatic amines is 1. The molecule has 0 radical (unpaired) electrons. The van der Waals surface area contributed by atoms with Crippen LogP contribution in [0.1, 0.15) is 26.6 Å². The van der Waals surface area contributed by atoms with E-state index in [0.717, 1.165) is 5.82 Å². The van der Waals surface area contributed by atoms with Crippen LogP contribution in [0, 0.1) is 0 Å². The fourth-order valence-corrected chi connectivity index (χ4v) is 1.13. The highest BCUT2D eigenvalue weighted by molar-refractivity contribution is 5.46. The summed E-state index contributed by atoms with van der Waals surface area (Å²) in [6, 6.07) is 3.65. The Labute approximate surface area is 88.0 Å². The molecule has 5 heteroatoms. The third-order valence-electron chi connectivity index (χ3n) is 2.00. The van der Waals surface area contributed by atoms with Crippen LogP contribution in [0.3, 0.4) is 0 Å².